The van der Waals surface area contributed by atoms with Crippen molar-refractivity contribution in [2.24, 2.45) is 0 Å². The maximum atomic E-state index is 12.6. The topological polar surface area (TPSA) is 49.4 Å². The fourth-order valence-electron chi connectivity index (χ4n) is 1.82. The van der Waals surface area contributed by atoms with E-state index < -0.39 is 10.0 Å². The summed E-state index contributed by atoms with van der Waals surface area (Å²) < 4.78 is 26.7. The molecule has 0 amide bonds. The second-order valence-corrected chi connectivity index (χ2v) is 8.75. The monoisotopic (exact) mass is 318 g/mol. The van der Waals surface area contributed by atoms with Crippen molar-refractivity contribution in [1.29, 1.82) is 0 Å². The van der Waals surface area contributed by atoms with Crippen LogP contribution in [-0.4, -0.2) is 31.9 Å². The summed E-state index contributed by atoms with van der Waals surface area (Å²) >= 11 is 1.55. The number of rotatable bonds is 7. The van der Waals surface area contributed by atoms with Crippen LogP contribution in [0.15, 0.2) is 11.0 Å². The highest BCUT2D eigenvalue weighted by molar-refractivity contribution is 7.89. The molecule has 20 heavy (non-hydrogen) atoms. The zero-order valence-corrected chi connectivity index (χ0v) is 14.9. The van der Waals surface area contributed by atoms with Gasteiger partial charge in [-0.2, -0.15) is 4.31 Å². The third-order valence-electron chi connectivity index (χ3n) is 3.48. The van der Waals surface area contributed by atoms with Gasteiger partial charge in [0.1, 0.15) is 0 Å². The first-order valence-electron chi connectivity index (χ1n) is 7.00. The Kier molecular flexibility index (Phi) is 6.19. The van der Waals surface area contributed by atoms with Gasteiger partial charge in [0, 0.05) is 35.4 Å². The van der Waals surface area contributed by atoms with E-state index in [9.17, 15) is 8.42 Å². The summed E-state index contributed by atoms with van der Waals surface area (Å²) in [5.74, 6) is 0. The van der Waals surface area contributed by atoms with Gasteiger partial charge in [0.05, 0.1) is 4.90 Å². The Hall–Kier alpha value is -0.430. The molecule has 0 aliphatic carbocycles. The maximum absolute atomic E-state index is 12.6. The summed E-state index contributed by atoms with van der Waals surface area (Å²) in [6.45, 7) is 10.7. The molecule has 0 fully saturated rings. The van der Waals surface area contributed by atoms with Gasteiger partial charge in [-0.15, -0.1) is 11.3 Å². The Labute approximate surface area is 127 Å². The summed E-state index contributed by atoms with van der Waals surface area (Å²) in [7, 11) is -1.72. The highest BCUT2D eigenvalue weighted by Gasteiger charge is 2.27. The Bertz CT molecular complexity index is 535. The molecule has 4 nitrogen and oxygen atoms in total. The SMILES string of the molecule is CCC(C)N(C)S(=O)(=O)c1cc(CNC(C)C)sc1C. The van der Waals surface area contributed by atoms with Gasteiger partial charge in [-0.1, -0.05) is 20.8 Å². The number of hydrogen-bond acceptors (Lipinski definition) is 4. The molecule has 0 aromatic carbocycles. The molecule has 1 rings (SSSR count). The number of sulfonamides is 1. The summed E-state index contributed by atoms with van der Waals surface area (Å²) in [6, 6.07) is 2.21. The zero-order chi connectivity index (χ0) is 15.5. The highest BCUT2D eigenvalue weighted by Crippen LogP contribution is 2.28. The van der Waals surface area contributed by atoms with Crippen molar-refractivity contribution in [3.63, 3.8) is 0 Å². The number of hydrogen-bond donors (Lipinski definition) is 1. The molecule has 0 spiro atoms. The largest absolute Gasteiger partial charge is 0.310 e. The summed E-state index contributed by atoms with van der Waals surface area (Å²) in [5.41, 5.74) is 0. The molecule has 0 aliphatic heterocycles. The van der Waals surface area contributed by atoms with E-state index >= 15 is 0 Å². The van der Waals surface area contributed by atoms with Crippen molar-refractivity contribution >= 4 is 21.4 Å². The van der Waals surface area contributed by atoms with Crippen LogP contribution >= 0.6 is 11.3 Å². The van der Waals surface area contributed by atoms with Gasteiger partial charge in [-0.05, 0) is 26.3 Å². The number of nitrogens with one attached hydrogen (secondary N) is 1. The molecule has 1 aromatic rings. The lowest BCUT2D eigenvalue weighted by atomic mass is 10.3. The average Bonchev–Trinajstić information content (AvgIpc) is 2.76. The van der Waals surface area contributed by atoms with Crippen LogP contribution < -0.4 is 5.32 Å². The average molecular weight is 319 g/mol. The molecule has 6 heteroatoms. The molecular formula is C14H26N2O2S2. The fraction of sp³-hybridized carbons (Fsp3) is 0.714. The maximum Gasteiger partial charge on any atom is 0.244 e. The fourth-order valence-corrected chi connectivity index (χ4v) is 4.81. The van der Waals surface area contributed by atoms with Crippen LogP contribution in [0.3, 0.4) is 0 Å². The Morgan fingerprint density at radius 2 is 1.95 bits per heavy atom. The molecule has 1 heterocycles. The summed E-state index contributed by atoms with van der Waals surface area (Å²) in [4.78, 5) is 2.37. The summed E-state index contributed by atoms with van der Waals surface area (Å²) in [6.07, 6.45) is 0.806. The standard InChI is InChI=1S/C14H26N2O2S2/c1-7-11(4)16(6)20(17,18)14-8-13(19-12(14)5)9-15-10(2)3/h8,10-11,15H,7,9H2,1-6H3. The highest BCUT2D eigenvalue weighted by atomic mass is 32.2. The van der Waals surface area contributed by atoms with Crippen LogP contribution in [0.1, 0.15) is 43.9 Å². The smallest absolute Gasteiger partial charge is 0.244 e. The van der Waals surface area contributed by atoms with Gasteiger partial charge >= 0.3 is 0 Å². The van der Waals surface area contributed by atoms with Gasteiger partial charge < -0.3 is 5.32 Å². The molecule has 0 bridgehead atoms. The molecule has 1 unspecified atom stereocenters. The molecule has 1 aromatic heterocycles. The van der Waals surface area contributed by atoms with Gasteiger partial charge in [0.2, 0.25) is 10.0 Å². The number of thiophene rings is 1. The first kappa shape index (κ1) is 17.6. The molecular weight excluding hydrogens is 292 g/mol. The minimum Gasteiger partial charge on any atom is -0.310 e. The van der Waals surface area contributed by atoms with Crippen LogP contribution in [0.4, 0.5) is 0 Å². The first-order chi connectivity index (χ1) is 9.20. The lowest BCUT2D eigenvalue weighted by Gasteiger charge is -2.23. The lowest BCUT2D eigenvalue weighted by molar-refractivity contribution is 0.380. The van der Waals surface area contributed by atoms with Gasteiger partial charge in [-0.25, -0.2) is 8.42 Å². The van der Waals surface area contributed by atoms with Gasteiger partial charge in [0.15, 0.2) is 0 Å². The predicted octanol–water partition coefficient (Wildman–Crippen LogP) is 2.97. The van der Waals surface area contributed by atoms with Crippen LogP contribution in [0.2, 0.25) is 0 Å². The second kappa shape index (κ2) is 7.02. The van der Waals surface area contributed by atoms with Crippen LogP contribution in [0, 0.1) is 6.92 Å². The van der Waals surface area contributed by atoms with Crippen LogP contribution in [-0.2, 0) is 16.6 Å². The third-order valence-corrected chi connectivity index (χ3v) is 6.75. The van der Waals surface area contributed by atoms with E-state index in [0.717, 1.165) is 16.2 Å². The number of aryl methyl sites for hydroxylation is 1. The minimum absolute atomic E-state index is 0.0107. The normalized spacial score (nSPS) is 14.2. The van der Waals surface area contributed by atoms with Crippen molar-refractivity contribution in [3.8, 4) is 0 Å². The van der Waals surface area contributed by atoms with E-state index in [1.807, 2.05) is 26.8 Å². The van der Waals surface area contributed by atoms with Gasteiger partial charge in [-0.3, -0.25) is 0 Å². The molecule has 0 saturated heterocycles. The van der Waals surface area contributed by atoms with E-state index in [1.54, 1.807) is 18.4 Å². The molecule has 0 aliphatic rings. The van der Waals surface area contributed by atoms with E-state index in [0.29, 0.717) is 17.5 Å². The Morgan fingerprint density at radius 3 is 2.45 bits per heavy atom. The Morgan fingerprint density at radius 1 is 1.35 bits per heavy atom. The van der Waals surface area contributed by atoms with E-state index in [-0.39, 0.29) is 6.04 Å². The third kappa shape index (κ3) is 4.04. The van der Waals surface area contributed by atoms with Crippen molar-refractivity contribution in [1.82, 2.24) is 9.62 Å². The molecule has 116 valence electrons. The van der Waals surface area contributed by atoms with E-state index in [4.69, 9.17) is 0 Å². The molecule has 0 saturated carbocycles. The first-order valence-corrected chi connectivity index (χ1v) is 9.26. The van der Waals surface area contributed by atoms with Crippen molar-refractivity contribution in [2.45, 2.75) is 64.6 Å². The van der Waals surface area contributed by atoms with Crippen molar-refractivity contribution in [3.05, 3.63) is 15.8 Å². The Balaban J connectivity index is 3.01. The number of nitrogens with zero attached hydrogens (tertiary/aromatic N) is 1. The van der Waals surface area contributed by atoms with E-state index in [1.165, 1.54) is 4.31 Å². The predicted molar refractivity (Wildman–Crippen MR) is 85.7 cm³/mol. The van der Waals surface area contributed by atoms with Crippen molar-refractivity contribution < 1.29 is 8.42 Å². The lowest BCUT2D eigenvalue weighted by Crippen LogP contribution is -2.34. The van der Waals surface area contributed by atoms with Crippen LogP contribution in [0.25, 0.3) is 0 Å². The van der Waals surface area contributed by atoms with Crippen LogP contribution in [0.5, 0.6) is 0 Å². The van der Waals surface area contributed by atoms with E-state index in [2.05, 4.69) is 19.2 Å². The quantitative estimate of drug-likeness (QED) is 0.841. The molecule has 1 atom stereocenters. The molecule has 0 radical (unpaired) electrons. The van der Waals surface area contributed by atoms with Crippen molar-refractivity contribution in [2.75, 3.05) is 7.05 Å². The molecule has 1 N–H and O–H groups in total. The second-order valence-electron chi connectivity index (χ2n) is 5.45. The summed E-state index contributed by atoms with van der Waals surface area (Å²) in [5, 5.41) is 3.32. The van der Waals surface area contributed by atoms with Gasteiger partial charge in [0.25, 0.3) is 0 Å². The minimum atomic E-state index is -3.38. The zero-order valence-electron chi connectivity index (χ0n) is 13.2.